The number of nitrogen functional groups attached to an aromatic ring is 1. The first-order chi connectivity index (χ1) is 9.24. The molecule has 98 valence electrons. The molecular formula is C16H18N2O. The molecule has 2 aromatic carbocycles. The standard InChI is InChI=1S/C16H18N2O/c17-15-10-12-6-2-1-5-11(12)9-14(15)16(19)18-13-7-3-4-8-13/h1-2,5-6,9-10,13H,3-4,7-8,17H2,(H,18,19). The van der Waals surface area contributed by atoms with Crippen LogP contribution in [0, 0.1) is 0 Å². The topological polar surface area (TPSA) is 55.1 Å². The van der Waals surface area contributed by atoms with Crippen LogP contribution in [0.25, 0.3) is 10.8 Å². The van der Waals surface area contributed by atoms with Gasteiger partial charge in [0, 0.05) is 11.7 Å². The number of benzene rings is 2. The van der Waals surface area contributed by atoms with Gasteiger partial charge >= 0.3 is 0 Å². The van der Waals surface area contributed by atoms with E-state index in [2.05, 4.69) is 5.32 Å². The molecular weight excluding hydrogens is 236 g/mol. The van der Waals surface area contributed by atoms with E-state index in [-0.39, 0.29) is 5.91 Å². The van der Waals surface area contributed by atoms with Crippen LogP contribution in [0.5, 0.6) is 0 Å². The molecule has 0 aliphatic heterocycles. The first kappa shape index (κ1) is 12.0. The fourth-order valence-corrected chi connectivity index (χ4v) is 2.79. The highest BCUT2D eigenvalue weighted by atomic mass is 16.1. The van der Waals surface area contributed by atoms with Crippen molar-refractivity contribution in [2.75, 3.05) is 5.73 Å². The van der Waals surface area contributed by atoms with Gasteiger partial charge in [0.15, 0.2) is 0 Å². The highest BCUT2D eigenvalue weighted by molar-refractivity contribution is 6.04. The van der Waals surface area contributed by atoms with Crippen LogP contribution in [0.15, 0.2) is 36.4 Å². The number of carbonyl (C=O) groups is 1. The molecule has 3 N–H and O–H groups in total. The summed E-state index contributed by atoms with van der Waals surface area (Å²) in [6, 6.07) is 12.0. The van der Waals surface area contributed by atoms with E-state index in [0.717, 1.165) is 23.6 Å². The van der Waals surface area contributed by atoms with E-state index in [0.29, 0.717) is 17.3 Å². The fourth-order valence-electron chi connectivity index (χ4n) is 2.79. The van der Waals surface area contributed by atoms with Crippen LogP contribution >= 0.6 is 0 Å². The Morgan fingerprint density at radius 3 is 2.42 bits per heavy atom. The average Bonchev–Trinajstić information content (AvgIpc) is 2.90. The summed E-state index contributed by atoms with van der Waals surface area (Å²) in [6.45, 7) is 0. The molecule has 1 amide bonds. The molecule has 0 heterocycles. The first-order valence-corrected chi connectivity index (χ1v) is 6.83. The Morgan fingerprint density at radius 1 is 1.11 bits per heavy atom. The lowest BCUT2D eigenvalue weighted by molar-refractivity contribution is 0.0939. The van der Waals surface area contributed by atoms with Crippen LogP contribution in [0.2, 0.25) is 0 Å². The Bertz CT molecular complexity index is 615. The summed E-state index contributed by atoms with van der Waals surface area (Å²) >= 11 is 0. The van der Waals surface area contributed by atoms with E-state index in [9.17, 15) is 4.79 Å². The summed E-state index contributed by atoms with van der Waals surface area (Å²) in [5.74, 6) is -0.0462. The normalized spacial score (nSPS) is 15.8. The van der Waals surface area contributed by atoms with E-state index in [1.165, 1.54) is 12.8 Å². The largest absolute Gasteiger partial charge is 0.398 e. The minimum absolute atomic E-state index is 0.0462. The van der Waals surface area contributed by atoms with Crippen molar-refractivity contribution in [3.05, 3.63) is 42.0 Å². The molecule has 0 bridgehead atoms. The van der Waals surface area contributed by atoms with Gasteiger partial charge in [-0.05, 0) is 35.7 Å². The van der Waals surface area contributed by atoms with Crippen LogP contribution in [0.3, 0.4) is 0 Å². The van der Waals surface area contributed by atoms with Crippen molar-refractivity contribution in [1.82, 2.24) is 5.32 Å². The number of hydrogen-bond acceptors (Lipinski definition) is 2. The summed E-state index contributed by atoms with van der Waals surface area (Å²) in [5.41, 5.74) is 7.14. The highest BCUT2D eigenvalue weighted by Gasteiger charge is 2.19. The Kier molecular flexibility index (Phi) is 3.11. The number of anilines is 1. The van der Waals surface area contributed by atoms with Gasteiger partial charge in [0.2, 0.25) is 0 Å². The van der Waals surface area contributed by atoms with Crippen LogP contribution in [-0.2, 0) is 0 Å². The van der Waals surface area contributed by atoms with Gasteiger partial charge in [-0.1, -0.05) is 37.1 Å². The van der Waals surface area contributed by atoms with Crippen molar-refractivity contribution in [3.8, 4) is 0 Å². The minimum Gasteiger partial charge on any atom is -0.398 e. The molecule has 1 saturated carbocycles. The van der Waals surface area contributed by atoms with Crippen LogP contribution < -0.4 is 11.1 Å². The lowest BCUT2D eigenvalue weighted by atomic mass is 10.0. The van der Waals surface area contributed by atoms with Crippen LogP contribution in [0.1, 0.15) is 36.0 Å². The molecule has 3 heteroatoms. The van der Waals surface area contributed by atoms with E-state index < -0.39 is 0 Å². The molecule has 3 rings (SSSR count). The molecule has 0 atom stereocenters. The van der Waals surface area contributed by atoms with Crippen molar-refractivity contribution in [2.45, 2.75) is 31.7 Å². The minimum atomic E-state index is -0.0462. The second kappa shape index (κ2) is 4.92. The maximum Gasteiger partial charge on any atom is 0.253 e. The summed E-state index contributed by atoms with van der Waals surface area (Å²) in [6.07, 6.45) is 4.58. The van der Waals surface area contributed by atoms with Crippen LogP contribution in [-0.4, -0.2) is 11.9 Å². The number of carbonyl (C=O) groups excluding carboxylic acids is 1. The molecule has 0 aromatic heterocycles. The van der Waals surface area contributed by atoms with Gasteiger partial charge in [-0.25, -0.2) is 0 Å². The third kappa shape index (κ3) is 2.41. The predicted molar refractivity (Wildman–Crippen MR) is 78.1 cm³/mol. The second-order valence-corrected chi connectivity index (χ2v) is 5.24. The average molecular weight is 254 g/mol. The number of amides is 1. The summed E-state index contributed by atoms with van der Waals surface area (Å²) < 4.78 is 0. The molecule has 1 fully saturated rings. The second-order valence-electron chi connectivity index (χ2n) is 5.24. The van der Waals surface area contributed by atoms with Gasteiger partial charge in [-0.2, -0.15) is 0 Å². The monoisotopic (exact) mass is 254 g/mol. The van der Waals surface area contributed by atoms with Crippen molar-refractivity contribution in [3.63, 3.8) is 0 Å². The summed E-state index contributed by atoms with van der Waals surface area (Å²) in [5, 5.41) is 5.20. The predicted octanol–water partition coefficient (Wildman–Crippen LogP) is 3.09. The van der Waals surface area contributed by atoms with Gasteiger partial charge < -0.3 is 11.1 Å². The first-order valence-electron chi connectivity index (χ1n) is 6.83. The zero-order chi connectivity index (χ0) is 13.2. The summed E-state index contributed by atoms with van der Waals surface area (Å²) in [7, 11) is 0. The zero-order valence-electron chi connectivity index (χ0n) is 10.9. The molecule has 0 radical (unpaired) electrons. The Morgan fingerprint density at radius 2 is 1.74 bits per heavy atom. The third-order valence-corrected chi connectivity index (χ3v) is 3.85. The quantitative estimate of drug-likeness (QED) is 0.809. The molecule has 2 aromatic rings. The molecule has 3 nitrogen and oxygen atoms in total. The number of hydrogen-bond donors (Lipinski definition) is 2. The molecule has 19 heavy (non-hydrogen) atoms. The zero-order valence-corrected chi connectivity index (χ0v) is 10.9. The Labute approximate surface area is 112 Å². The van der Waals surface area contributed by atoms with Gasteiger partial charge in [-0.15, -0.1) is 0 Å². The number of rotatable bonds is 2. The number of fused-ring (bicyclic) bond motifs is 1. The maximum absolute atomic E-state index is 12.3. The van der Waals surface area contributed by atoms with E-state index in [4.69, 9.17) is 5.73 Å². The molecule has 0 spiro atoms. The van der Waals surface area contributed by atoms with Crippen molar-refractivity contribution in [2.24, 2.45) is 0 Å². The van der Waals surface area contributed by atoms with Crippen molar-refractivity contribution >= 4 is 22.4 Å². The van der Waals surface area contributed by atoms with Gasteiger partial charge in [0.05, 0.1) is 5.56 Å². The highest BCUT2D eigenvalue weighted by Crippen LogP contribution is 2.23. The van der Waals surface area contributed by atoms with E-state index in [1.807, 2.05) is 36.4 Å². The maximum atomic E-state index is 12.3. The van der Waals surface area contributed by atoms with E-state index in [1.54, 1.807) is 0 Å². The third-order valence-electron chi connectivity index (χ3n) is 3.85. The Balaban J connectivity index is 1.90. The summed E-state index contributed by atoms with van der Waals surface area (Å²) in [4.78, 5) is 12.3. The molecule has 0 saturated heterocycles. The molecule has 1 aliphatic rings. The van der Waals surface area contributed by atoms with E-state index >= 15 is 0 Å². The smallest absolute Gasteiger partial charge is 0.253 e. The number of nitrogens with one attached hydrogen (secondary N) is 1. The lowest BCUT2D eigenvalue weighted by Gasteiger charge is -2.13. The number of nitrogens with two attached hydrogens (primary N) is 1. The van der Waals surface area contributed by atoms with Crippen molar-refractivity contribution < 1.29 is 4.79 Å². The van der Waals surface area contributed by atoms with Gasteiger partial charge in [-0.3, -0.25) is 4.79 Å². The van der Waals surface area contributed by atoms with Gasteiger partial charge in [0.1, 0.15) is 0 Å². The molecule has 1 aliphatic carbocycles. The SMILES string of the molecule is Nc1cc2ccccc2cc1C(=O)NC1CCCC1. The van der Waals surface area contributed by atoms with Crippen LogP contribution in [0.4, 0.5) is 5.69 Å². The molecule has 0 unspecified atom stereocenters. The fraction of sp³-hybridized carbons (Fsp3) is 0.312. The Hall–Kier alpha value is -2.03. The lowest BCUT2D eigenvalue weighted by Crippen LogP contribution is -2.33. The van der Waals surface area contributed by atoms with Gasteiger partial charge in [0.25, 0.3) is 5.91 Å². The van der Waals surface area contributed by atoms with Crippen molar-refractivity contribution in [1.29, 1.82) is 0 Å².